The molecule has 1 aromatic heterocycles. The van der Waals surface area contributed by atoms with E-state index < -0.39 is 0 Å². The van der Waals surface area contributed by atoms with Crippen LogP contribution in [0.5, 0.6) is 0 Å². The maximum Gasteiger partial charge on any atom is 0.195 e. The monoisotopic (exact) mass is 202 g/mol. The van der Waals surface area contributed by atoms with E-state index in [0.717, 1.165) is 5.56 Å². The minimum Gasteiger partial charge on any atom is -0.453 e. The van der Waals surface area contributed by atoms with Crippen molar-refractivity contribution in [1.82, 2.24) is 0 Å². The molecule has 0 aliphatic rings. The smallest absolute Gasteiger partial charge is 0.195 e. The predicted octanol–water partition coefficient (Wildman–Crippen LogP) is 2.30. The molecule has 0 saturated carbocycles. The van der Waals surface area contributed by atoms with Crippen LogP contribution in [0.4, 0.5) is 0 Å². The van der Waals surface area contributed by atoms with Gasteiger partial charge < -0.3 is 4.42 Å². The lowest BCUT2D eigenvalue weighted by Gasteiger charge is -2.01. The van der Waals surface area contributed by atoms with E-state index >= 15 is 0 Å². The van der Waals surface area contributed by atoms with E-state index in [0.29, 0.717) is 11.0 Å². The Morgan fingerprint density at radius 2 is 2.07 bits per heavy atom. The van der Waals surface area contributed by atoms with Crippen molar-refractivity contribution < 1.29 is 9.21 Å². The van der Waals surface area contributed by atoms with Crippen molar-refractivity contribution in [2.24, 2.45) is 0 Å². The summed E-state index contributed by atoms with van der Waals surface area (Å²) in [6.07, 6.45) is 0. The number of Topliss-reactive ketones (excluding diaryl/α,β-unsaturated/α-hetero) is 1. The highest BCUT2D eigenvalue weighted by Crippen LogP contribution is 2.15. The van der Waals surface area contributed by atoms with Gasteiger partial charge in [-0.25, -0.2) is 0 Å². The van der Waals surface area contributed by atoms with Crippen molar-refractivity contribution >= 4 is 16.8 Å². The van der Waals surface area contributed by atoms with Crippen LogP contribution in [0.3, 0.4) is 0 Å². The topological polar surface area (TPSA) is 47.3 Å². The second-order valence-electron chi connectivity index (χ2n) is 3.48. The highest BCUT2D eigenvalue weighted by atomic mass is 16.3. The highest BCUT2D eigenvalue weighted by Gasteiger charge is 2.09. The Labute approximate surface area is 86.3 Å². The number of benzene rings is 1. The van der Waals surface area contributed by atoms with Gasteiger partial charge in [-0.15, -0.1) is 0 Å². The molecule has 3 nitrogen and oxygen atoms in total. The third-order valence-corrected chi connectivity index (χ3v) is 2.31. The number of rotatable bonds is 1. The molecule has 0 aliphatic heterocycles. The zero-order valence-corrected chi connectivity index (χ0v) is 8.53. The summed E-state index contributed by atoms with van der Waals surface area (Å²) < 4.78 is 5.34. The number of ketones is 1. The summed E-state index contributed by atoms with van der Waals surface area (Å²) in [6.45, 7) is 3.21. The molecular weight excluding hydrogens is 192 g/mol. The van der Waals surface area contributed by atoms with Gasteiger partial charge in [0.05, 0.1) is 5.39 Å². The number of hydrogen-bond donors (Lipinski definition) is 0. The average Bonchev–Trinajstić information content (AvgIpc) is 2.17. The SMILES string of the molecule is CC(=O)c1cc(=O)c2c(C)cccc2o1. The van der Waals surface area contributed by atoms with Gasteiger partial charge >= 0.3 is 0 Å². The molecule has 2 aromatic rings. The van der Waals surface area contributed by atoms with E-state index in [1.807, 2.05) is 13.0 Å². The van der Waals surface area contributed by atoms with Crippen LogP contribution in [-0.2, 0) is 0 Å². The van der Waals surface area contributed by atoms with Crippen LogP contribution < -0.4 is 5.43 Å². The van der Waals surface area contributed by atoms with Crippen molar-refractivity contribution in [2.45, 2.75) is 13.8 Å². The molecule has 0 spiro atoms. The van der Waals surface area contributed by atoms with Crippen molar-refractivity contribution in [3.8, 4) is 0 Å². The summed E-state index contributed by atoms with van der Waals surface area (Å²) in [4.78, 5) is 22.8. The summed E-state index contributed by atoms with van der Waals surface area (Å²) >= 11 is 0. The Bertz CT molecular complexity index is 593. The van der Waals surface area contributed by atoms with Gasteiger partial charge in [0.15, 0.2) is 17.0 Å². The summed E-state index contributed by atoms with van der Waals surface area (Å²) in [5, 5.41) is 0.544. The fourth-order valence-corrected chi connectivity index (χ4v) is 1.55. The summed E-state index contributed by atoms with van der Waals surface area (Å²) in [7, 11) is 0. The van der Waals surface area contributed by atoms with Gasteiger partial charge in [-0.2, -0.15) is 0 Å². The van der Waals surface area contributed by atoms with Gasteiger partial charge in [0.25, 0.3) is 0 Å². The van der Waals surface area contributed by atoms with E-state index in [4.69, 9.17) is 4.42 Å². The normalized spacial score (nSPS) is 10.5. The Kier molecular flexibility index (Phi) is 2.15. The fourth-order valence-electron chi connectivity index (χ4n) is 1.55. The quantitative estimate of drug-likeness (QED) is 0.666. The molecule has 0 aliphatic carbocycles. The lowest BCUT2D eigenvalue weighted by molar-refractivity contribution is 0.0988. The average molecular weight is 202 g/mol. The molecule has 0 N–H and O–H groups in total. The molecule has 0 unspecified atom stereocenters. The molecule has 76 valence electrons. The molecule has 1 heterocycles. The predicted molar refractivity (Wildman–Crippen MR) is 57.2 cm³/mol. The van der Waals surface area contributed by atoms with Gasteiger partial charge in [0.1, 0.15) is 5.58 Å². The van der Waals surface area contributed by atoms with E-state index in [2.05, 4.69) is 0 Å². The third-order valence-electron chi connectivity index (χ3n) is 2.31. The second-order valence-corrected chi connectivity index (χ2v) is 3.48. The van der Waals surface area contributed by atoms with Gasteiger partial charge in [-0.1, -0.05) is 12.1 Å². The summed E-state index contributed by atoms with van der Waals surface area (Å²) in [6, 6.07) is 6.57. The Morgan fingerprint density at radius 1 is 1.33 bits per heavy atom. The molecule has 1 aromatic carbocycles. The second kappa shape index (κ2) is 3.35. The van der Waals surface area contributed by atoms with E-state index in [1.54, 1.807) is 12.1 Å². The maximum atomic E-state index is 11.7. The Morgan fingerprint density at radius 3 is 2.73 bits per heavy atom. The number of fused-ring (bicyclic) bond motifs is 1. The van der Waals surface area contributed by atoms with Gasteiger partial charge in [0.2, 0.25) is 0 Å². The lowest BCUT2D eigenvalue weighted by atomic mass is 10.1. The van der Waals surface area contributed by atoms with Crippen LogP contribution in [0.15, 0.2) is 33.5 Å². The first-order valence-electron chi connectivity index (χ1n) is 4.64. The van der Waals surface area contributed by atoms with Crippen LogP contribution in [0, 0.1) is 6.92 Å². The number of hydrogen-bond acceptors (Lipinski definition) is 3. The number of aryl methyl sites for hydroxylation is 1. The molecule has 15 heavy (non-hydrogen) atoms. The molecular formula is C12H10O3. The Balaban J connectivity index is 2.91. The van der Waals surface area contributed by atoms with Crippen LogP contribution in [0.25, 0.3) is 11.0 Å². The largest absolute Gasteiger partial charge is 0.453 e. The molecule has 0 radical (unpaired) electrons. The van der Waals surface area contributed by atoms with Crippen LogP contribution in [-0.4, -0.2) is 5.78 Å². The van der Waals surface area contributed by atoms with Crippen molar-refractivity contribution in [3.63, 3.8) is 0 Å². The van der Waals surface area contributed by atoms with Crippen LogP contribution in [0.2, 0.25) is 0 Å². The van der Waals surface area contributed by atoms with Crippen LogP contribution in [0.1, 0.15) is 23.0 Å². The first-order chi connectivity index (χ1) is 7.09. The molecule has 0 atom stereocenters. The number of carbonyl (C=O) groups excluding carboxylic acids is 1. The first-order valence-corrected chi connectivity index (χ1v) is 4.64. The minimum atomic E-state index is -0.240. The van der Waals surface area contributed by atoms with Gasteiger partial charge in [-0.05, 0) is 18.6 Å². The first kappa shape index (κ1) is 9.65. The van der Waals surface area contributed by atoms with Crippen molar-refractivity contribution in [2.75, 3.05) is 0 Å². The molecule has 0 bridgehead atoms. The molecule has 3 heteroatoms. The van der Waals surface area contributed by atoms with E-state index in [-0.39, 0.29) is 17.0 Å². The molecule has 0 fully saturated rings. The number of carbonyl (C=O) groups is 1. The summed E-state index contributed by atoms with van der Waals surface area (Å²) in [5.41, 5.74) is 1.16. The van der Waals surface area contributed by atoms with Gasteiger partial charge in [-0.3, -0.25) is 9.59 Å². The third kappa shape index (κ3) is 1.56. The summed E-state index contributed by atoms with van der Waals surface area (Å²) in [5.74, 6) is -0.131. The van der Waals surface area contributed by atoms with Crippen molar-refractivity contribution in [3.05, 3.63) is 45.8 Å². The molecule has 2 rings (SSSR count). The van der Waals surface area contributed by atoms with E-state index in [9.17, 15) is 9.59 Å². The van der Waals surface area contributed by atoms with Crippen molar-refractivity contribution in [1.29, 1.82) is 0 Å². The maximum absolute atomic E-state index is 11.7. The lowest BCUT2D eigenvalue weighted by Crippen LogP contribution is -2.05. The Hall–Kier alpha value is -1.90. The zero-order chi connectivity index (χ0) is 11.0. The highest BCUT2D eigenvalue weighted by molar-refractivity contribution is 5.93. The van der Waals surface area contributed by atoms with Crippen LogP contribution >= 0.6 is 0 Å². The minimum absolute atomic E-state index is 0.109. The standard InChI is InChI=1S/C12H10O3/c1-7-4-3-5-10-12(7)9(14)6-11(15-10)8(2)13/h3-6H,1-2H3. The van der Waals surface area contributed by atoms with Gasteiger partial charge in [0, 0.05) is 13.0 Å². The van der Waals surface area contributed by atoms with E-state index in [1.165, 1.54) is 13.0 Å². The molecule has 0 amide bonds. The fraction of sp³-hybridized carbons (Fsp3) is 0.167. The zero-order valence-electron chi connectivity index (χ0n) is 8.53. The molecule has 0 saturated heterocycles.